The number of hydrogen-bond acceptors (Lipinski definition) is 7. The number of carbonyl (C=O) groups is 1. The van der Waals surface area contributed by atoms with E-state index < -0.39 is 0 Å². The number of nitrogens with zero attached hydrogens (tertiary/aromatic N) is 5. The van der Waals surface area contributed by atoms with Gasteiger partial charge in [0.15, 0.2) is 5.78 Å². The number of piperazine rings is 1. The van der Waals surface area contributed by atoms with Crippen molar-refractivity contribution < 1.29 is 14.6 Å². The fourth-order valence-electron chi connectivity index (χ4n) is 5.02. The zero-order valence-electron chi connectivity index (χ0n) is 20.4. The number of ketones is 1. The van der Waals surface area contributed by atoms with E-state index in [9.17, 15) is 9.90 Å². The number of aliphatic imine (C=N–C) groups is 1. The Bertz CT molecular complexity index is 1040. The molecule has 184 valence electrons. The van der Waals surface area contributed by atoms with Gasteiger partial charge in [-0.05, 0) is 36.6 Å². The number of rotatable bonds is 10. The molecule has 2 aromatic rings. The van der Waals surface area contributed by atoms with Gasteiger partial charge in [-0.25, -0.2) is 4.98 Å². The van der Waals surface area contributed by atoms with Gasteiger partial charge in [-0.15, -0.1) is 0 Å². The minimum Gasteiger partial charge on any atom is -0.511 e. The predicted octanol–water partition coefficient (Wildman–Crippen LogP) is 3.04. The molecule has 1 aliphatic heterocycles. The fraction of sp³-hybridized carbons (Fsp3) is 0.577. The predicted molar refractivity (Wildman–Crippen MR) is 135 cm³/mol. The van der Waals surface area contributed by atoms with Crippen molar-refractivity contribution in [3.05, 3.63) is 41.4 Å². The van der Waals surface area contributed by atoms with Crippen LogP contribution in [0.1, 0.15) is 37.7 Å². The van der Waals surface area contributed by atoms with Crippen molar-refractivity contribution in [1.82, 2.24) is 19.4 Å². The molecule has 2 aromatic heterocycles. The fourth-order valence-corrected chi connectivity index (χ4v) is 5.02. The lowest BCUT2D eigenvalue weighted by atomic mass is 9.82. The van der Waals surface area contributed by atoms with Crippen LogP contribution >= 0.6 is 0 Å². The molecule has 0 radical (unpaired) electrons. The number of aromatic nitrogens is 2. The van der Waals surface area contributed by atoms with Crippen molar-refractivity contribution in [1.29, 1.82) is 0 Å². The Morgan fingerprint density at radius 3 is 2.62 bits per heavy atom. The summed E-state index contributed by atoms with van der Waals surface area (Å²) >= 11 is 0. The molecule has 34 heavy (non-hydrogen) atoms. The quantitative estimate of drug-likeness (QED) is 0.541. The largest absolute Gasteiger partial charge is 0.511 e. The highest BCUT2D eigenvalue weighted by Crippen LogP contribution is 2.36. The van der Waals surface area contributed by atoms with Crippen molar-refractivity contribution in [2.75, 3.05) is 59.5 Å². The lowest BCUT2D eigenvalue weighted by Gasteiger charge is -2.34. The molecule has 1 saturated heterocycles. The second kappa shape index (κ2) is 11.7. The van der Waals surface area contributed by atoms with Crippen LogP contribution in [0.5, 0.6) is 0 Å². The van der Waals surface area contributed by atoms with Gasteiger partial charge in [-0.2, -0.15) is 0 Å². The third-order valence-electron chi connectivity index (χ3n) is 6.93. The van der Waals surface area contributed by atoms with Gasteiger partial charge in [-0.1, -0.05) is 6.92 Å². The third kappa shape index (κ3) is 5.74. The van der Waals surface area contributed by atoms with Gasteiger partial charge < -0.3 is 19.3 Å². The van der Waals surface area contributed by atoms with Crippen LogP contribution in [-0.4, -0.2) is 96.0 Å². The molecule has 0 amide bonds. The van der Waals surface area contributed by atoms with Crippen LogP contribution in [0.3, 0.4) is 0 Å². The second-order valence-electron chi connectivity index (χ2n) is 9.25. The van der Waals surface area contributed by atoms with E-state index in [2.05, 4.69) is 31.3 Å². The Labute approximate surface area is 201 Å². The lowest BCUT2D eigenvalue weighted by molar-refractivity contribution is -0.116. The molecule has 4 rings (SSSR count). The summed E-state index contributed by atoms with van der Waals surface area (Å²) in [5.41, 5.74) is 2.31. The first-order valence-electron chi connectivity index (χ1n) is 12.4. The van der Waals surface area contributed by atoms with Crippen molar-refractivity contribution in [2.45, 2.75) is 38.6 Å². The summed E-state index contributed by atoms with van der Waals surface area (Å²) in [7, 11) is 1.68. The van der Waals surface area contributed by atoms with Gasteiger partial charge in [0.05, 0.1) is 18.7 Å². The van der Waals surface area contributed by atoms with Crippen LogP contribution in [0, 0.1) is 0 Å². The van der Waals surface area contributed by atoms with Crippen molar-refractivity contribution in [3.8, 4) is 0 Å². The Morgan fingerprint density at radius 2 is 1.91 bits per heavy atom. The number of Topliss-reactive ketones (excluding diaryl/α,β-unsaturated/α-hetero) is 1. The number of aliphatic hydroxyl groups is 1. The van der Waals surface area contributed by atoms with Crippen molar-refractivity contribution in [2.24, 2.45) is 4.99 Å². The maximum Gasteiger partial charge on any atom is 0.168 e. The molecular weight excluding hydrogens is 430 g/mol. The Hall–Kier alpha value is -2.55. The number of aliphatic hydroxyl groups excluding tert-OH is 1. The molecule has 0 saturated carbocycles. The summed E-state index contributed by atoms with van der Waals surface area (Å²) in [5, 5.41) is 11.7. The smallest absolute Gasteiger partial charge is 0.168 e. The average molecular weight is 468 g/mol. The monoisotopic (exact) mass is 467 g/mol. The Morgan fingerprint density at radius 1 is 1.15 bits per heavy atom. The summed E-state index contributed by atoms with van der Waals surface area (Å²) in [4.78, 5) is 26.8. The number of allylic oxidation sites excluding steroid dienone is 2. The number of hydrogen-bond donors (Lipinski definition) is 1. The van der Waals surface area contributed by atoms with Gasteiger partial charge in [0, 0.05) is 83.2 Å². The molecule has 8 nitrogen and oxygen atoms in total. The third-order valence-corrected chi connectivity index (χ3v) is 6.93. The standard InChI is InChI=1S/C26H37N5O3/c1-3-8-29-11-13-30(14-12-29)10-7-27-19-23-24(32)17-20(18-25(23)33)21-4-6-28-26-22(21)5-9-31(26)15-16-34-2/h4-6,9,19-20,32H,3,7-8,10-18H2,1-2H3. The lowest BCUT2D eigenvalue weighted by Crippen LogP contribution is -2.47. The van der Waals surface area contributed by atoms with Crippen LogP contribution in [0.4, 0.5) is 0 Å². The summed E-state index contributed by atoms with van der Waals surface area (Å²) < 4.78 is 7.25. The SMILES string of the molecule is CCCN1CCN(CCN=CC2=C(O)CC(c3ccnc4c3ccn4CCOC)CC2=O)CC1. The zero-order chi connectivity index (χ0) is 23.9. The maximum absolute atomic E-state index is 12.9. The minimum atomic E-state index is -0.0622. The molecule has 8 heteroatoms. The molecule has 0 aromatic carbocycles. The topological polar surface area (TPSA) is 83.2 Å². The van der Waals surface area contributed by atoms with E-state index in [-0.39, 0.29) is 17.5 Å². The Balaban J connectivity index is 1.36. The van der Waals surface area contributed by atoms with E-state index in [1.54, 1.807) is 19.5 Å². The molecule has 2 aliphatic rings. The van der Waals surface area contributed by atoms with Crippen molar-refractivity contribution in [3.63, 3.8) is 0 Å². The number of pyridine rings is 1. The van der Waals surface area contributed by atoms with Gasteiger partial charge in [0.2, 0.25) is 0 Å². The van der Waals surface area contributed by atoms with Crippen LogP contribution in [0.25, 0.3) is 11.0 Å². The summed E-state index contributed by atoms with van der Waals surface area (Å²) in [6.45, 7) is 10.6. The number of carbonyl (C=O) groups excluding carboxylic acids is 1. The highest BCUT2D eigenvalue weighted by Gasteiger charge is 2.29. The molecule has 0 spiro atoms. The van der Waals surface area contributed by atoms with E-state index >= 15 is 0 Å². The first-order valence-corrected chi connectivity index (χ1v) is 12.4. The molecular formula is C26H37N5O3. The van der Waals surface area contributed by atoms with Gasteiger partial charge in [-0.3, -0.25) is 14.7 Å². The highest BCUT2D eigenvalue weighted by molar-refractivity contribution is 6.14. The molecule has 1 atom stereocenters. The molecule has 1 aliphatic carbocycles. The van der Waals surface area contributed by atoms with E-state index in [1.165, 1.54) is 13.0 Å². The average Bonchev–Trinajstić information content (AvgIpc) is 3.26. The van der Waals surface area contributed by atoms with Crippen LogP contribution in [0.15, 0.2) is 40.9 Å². The first-order chi connectivity index (χ1) is 16.6. The molecule has 3 heterocycles. The van der Waals surface area contributed by atoms with E-state index in [1.807, 2.05) is 18.3 Å². The summed E-state index contributed by atoms with van der Waals surface area (Å²) in [6.07, 6.45) is 7.38. The van der Waals surface area contributed by atoms with Crippen LogP contribution in [-0.2, 0) is 16.1 Å². The molecule has 1 unspecified atom stereocenters. The highest BCUT2D eigenvalue weighted by atomic mass is 16.5. The van der Waals surface area contributed by atoms with Crippen LogP contribution in [0.2, 0.25) is 0 Å². The number of fused-ring (bicyclic) bond motifs is 1. The summed E-state index contributed by atoms with van der Waals surface area (Å²) in [5.74, 6) is 0.0317. The number of methoxy groups -OCH3 is 1. The number of ether oxygens (including phenoxy) is 1. The van der Waals surface area contributed by atoms with Crippen LogP contribution < -0.4 is 0 Å². The molecule has 1 N–H and O–H groups in total. The maximum atomic E-state index is 12.9. The van der Waals surface area contributed by atoms with Crippen molar-refractivity contribution >= 4 is 23.0 Å². The molecule has 1 fully saturated rings. The minimum absolute atomic E-state index is 0.0468. The van der Waals surface area contributed by atoms with Gasteiger partial charge in [0.1, 0.15) is 11.4 Å². The second-order valence-corrected chi connectivity index (χ2v) is 9.25. The van der Waals surface area contributed by atoms with E-state index in [0.29, 0.717) is 31.6 Å². The van der Waals surface area contributed by atoms with E-state index in [0.717, 1.165) is 55.9 Å². The van der Waals surface area contributed by atoms with E-state index in [4.69, 9.17) is 4.74 Å². The van der Waals surface area contributed by atoms with Gasteiger partial charge >= 0.3 is 0 Å². The zero-order valence-corrected chi connectivity index (χ0v) is 20.4. The van der Waals surface area contributed by atoms with Gasteiger partial charge in [0.25, 0.3) is 0 Å². The normalized spacial score (nSPS) is 20.8. The Kier molecular flexibility index (Phi) is 8.48. The summed E-state index contributed by atoms with van der Waals surface area (Å²) in [6, 6.07) is 4.01. The molecule has 0 bridgehead atoms. The first kappa shape index (κ1) is 24.6.